The van der Waals surface area contributed by atoms with E-state index in [9.17, 15) is 4.79 Å². The molecule has 0 unspecified atom stereocenters. The first-order valence-electron chi connectivity index (χ1n) is 6.50. The summed E-state index contributed by atoms with van der Waals surface area (Å²) in [6.45, 7) is 10.1. The van der Waals surface area contributed by atoms with Crippen molar-refractivity contribution in [1.29, 1.82) is 0 Å². The first-order valence-corrected chi connectivity index (χ1v) is 6.50. The number of nitrogens with one attached hydrogen (secondary N) is 1. The summed E-state index contributed by atoms with van der Waals surface area (Å²) in [5, 5.41) is 2.96. The standard InChI is InChI=1S/C14H26N2O/c1-6-9-15-10-14(17)16(11-12(4)5)13(7-2)8-3/h1,12-13,15H,7-11H2,2-5H3. The molecule has 0 saturated carbocycles. The largest absolute Gasteiger partial charge is 0.338 e. The Balaban J connectivity index is 4.44. The number of carbonyl (C=O) groups excluding carboxylic acids is 1. The summed E-state index contributed by atoms with van der Waals surface area (Å²) in [6, 6.07) is 0.345. The number of carbonyl (C=O) groups is 1. The SMILES string of the molecule is C#CCNCC(=O)N(CC(C)C)C(CC)CC. The molecule has 3 heteroatoms. The number of rotatable bonds is 8. The summed E-state index contributed by atoms with van der Waals surface area (Å²) in [5.74, 6) is 3.13. The molecule has 0 aliphatic rings. The van der Waals surface area contributed by atoms with Gasteiger partial charge < -0.3 is 4.90 Å². The molecule has 17 heavy (non-hydrogen) atoms. The minimum Gasteiger partial charge on any atom is -0.338 e. The highest BCUT2D eigenvalue weighted by molar-refractivity contribution is 5.78. The van der Waals surface area contributed by atoms with Crippen molar-refractivity contribution in [1.82, 2.24) is 10.2 Å². The minimum atomic E-state index is 0.155. The van der Waals surface area contributed by atoms with Gasteiger partial charge in [-0.05, 0) is 18.8 Å². The molecule has 0 aromatic rings. The molecule has 0 aliphatic carbocycles. The van der Waals surface area contributed by atoms with Crippen LogP contribution in [0.3, 0.4) is 0 Å². The fourth-order valence-corrected chi connectivity index (χ4v) is 1.92. The first-order chi connectivity index (χ1) is 8.06. The summed E-state index contributed by atoms with van der Waals surface area (Å²) < 4.78 is 0. The zero-order valence-electron chi connectivity index (χ0n) is 11.6. The summed E-state index contributed by atoms with van der Waals surface area (Å²) in [7, 11) is 0. The average Bonchev–Trinajstić information content (AvgIpc) is 2.29. The quantitative estimate of drug-likeness (QED) is 0.517. The molecule has 0 fully saturated rings. The maximum Gasteiger partial charge on any atom is 0.236 e. The summed E-state index contributed by atoms with van der Waals surface area (Å²) in [5.41, 5.74) is 0. The van der Waals surface area contributed by atoms with Crippen LogP contribution in [0, 0.1) is 18.3 Å². The Bertz CT molecular complexity index is 251. The van der Waals surface area contributed by atoms with Crippen molar-refractivity contribution in [3.05, 3.63) is 0 Å². The lowest BCUT2D eigenvalue weighted by Gasteiger charge is -2.32. The third kappa shape index (κ3) is 6.33. The molecule has 0 heterocycles. The van der Waals surface area contributed by atoms with E-state index in [1.165, 1.54) is 0 Å². The fourth-order valence-electron chi connectivity index (χ4n) is 1.92. The summed E-state index contributed by atoms with van der Waals surface area (Å²) in [6.07, 6.45) is 7.15. The van der Waals surface area contributed by atoms with Crippen LogP contribution in [0.2, 0.25) is 0 Å². The molecule has 1 N–H and O–H groups in total. The van der Waals surface area contributed by atoms with Gasteiger partial charge in [0.2, 0.25) is 5.91 Å². The third-order valence-electron chi connectivity index (χ3n) is 2.77. The molecule has 0 aliphatic heterocycles. The van der Waals surface area contributed by atoms with Crippen molar-refractivity contribution in [2.75, 3.05) is 19.6 Å². The highest BCUT2D eigenvalue weighted by atomic mass is 16.2. The maximum absolute atomic E-state index is 12.1. The van der Waals surface area contributed by atoms with E-state index >= 15 is 0 Å². The molecule has 0 rings (SSSR count). The molecular weight excluding hydrogens is 212 g/mol. The van der Waals surface area contributed by atoms with Gasteiger partial charge in [-0.15, -0.1) is 6.42 Å². The zero-order valence-corrected chi connectivity index (χ0v) is 11.6. The second kappa shape index (κ2) is 9.07. The van der Waals surface area contributed by atoms with Crippen LogP contribution in [-0.4, -0.2) is 36.5 Å². The van der Waals surface area contributed by atoms with Crippen molar-refractivity contribution in [3.63, 3.8) is 0 Å². The fraction of sp³-hybridized carbons (Fsp3) is 0.786. The van der Waals surface area contributed by atoms with E-state index in [2.05, 4.69) is 38.9 Å². The van der Waals surface area contributed by atoms with Crippen LogP contribution in [0.5, 0.6) is 0 Å². The van der Waals surface area contributed by atoms with E-state index in [-0.39, 0.29) is 5.91 Å². The van der Waals surface area contributed by atoms with Gasteiger partial charge in [-0.1, -0.05) is 33.6 Å². The molecular formula is C14H26N2O. The van der Waals surface area contributed by atoms with Crippen LogP contribution in [0.4, 0.5) is 0 Å². The van der Waals surface area contributed by atoms with Crippen molar-refractivity contribution >= 4 is 5.91 Å². The van der Waals surface area contributed by atoms with Crippen LogP contribution in [0.15, 0.2) is 0 Å². The van der Waals surface area contributed by atoms with Gasteiger partial charge in [0.1, 0.15) is 0 Å². The van der Waals surface area contributed by atoms with Crippen molar-refractivity contribution in [2.24, 2.45) is 5.92 Å². The average molecular weight is 238 g/mol. The topological polar surface area (TPSA) is 32.3 Å². The highest BCUT2D eigenvalue weighted by Crippen LogP contribution is 2.11. The van der Waals surface area contributed by atoms with Crippen LogP contribution in [0.1, 0.15) is 40.5 Å². The first kappa shape index (κ1) is 16.0. The number of hydrogen-bond acceptors (Lipinski definition) is 2. The van der Waals surface area contributed by atoms with E-state index in [1.54, 1.807) is 0 Å². The van der Waals surface area contributed by atoms with E-state index in [0.29, 0.717) is 25.0 Å². The molecule has 0 saturated heterocycles. The summed E-state index contributed by atoms with van der Waals surface area (Å²) in [4.78, 5) is 14.1. The van der Waals surface area contributed by atoms with Crippen LogP contribution in [-0.2, 0) is 4.79 Å². The Morgan fingerprint density at radius 2 is 1.94 bits per heavy atom. The Morgan fingerprint density at radius 3 is 2.35 bits per heavy atom. The lowest BCUT2D eigenvalue weighted by Crippen LogP contribution is -2.46. The molecule has 1 amide bonds. The second-order valence-electron chi connectivity index (χ2n) is 4.72. The number of terminal acetylenes is 1. The maximum atomic E-state index is 12.1. The lowest BCUT2D eigenvalue weighted by atomic mass is 10.1. The Kier molecular flexibility index (Phi) is 8.53. The predicted molar refractivity (Wildman–Crippen MR) is 72.6 cm³/mol. The Morgan fingerprint density at radius 1 is 1.35 bits per heavy atom. The predicted octanol–water partition coefficient (Wildman–Crippen LogP) is 1.88. The Hall–Kier alpha value is -1.01. The van der Waals surface area contributed by atoms with Gasteiger partial charge in [-0.2, -0.15) is 0 Å². The van der Waals surface area contributed by atoms with Crippen LogP contribution < -0.4 is 5.32 Å². The van der Waals surface area contributed by atoms with Crippen molar-refractivity contribution in [2.45, 2.75) is 46.6 Å². The van der Waals surface area contributed by atoms with Gasteiger partial charge in [-0.3, -0.25) is 10.1 Å². The third-order valence-corrected chi connectivity index (χ3v) is 2.77. The number of amides is 1. The normalized spacial score (nSPS) is 10.6. The van der Waals surface area contributed by atoms with Crippen LogP contribution in [0.25, 0.3) is 0 Å². The lowest BCUT2D eigenvalue weighted by molar-refractivity contribution is -0.133. The molecule has 0 spiro atoms. The zero-order chi connectivity index (χ0) is 13.3. The van der Waals surface area contributed by atoms with Gasteiger partial charge in [0.05, 0.1) is 13.1 Å². The molecule has 0 aromatic heterocycles. The van der Waals surface area contributed by atoms with Crippen molar-refractivity contribution < 1.29 is 4.79 Å². The minimum absolute atomic E-state index is 0.155. The van der Waals surface area contributed by atoms with Gasteiger partial charge >= 0.3 is 0 Å². The monoisotopic (exact) mass is 238 g/mol. The molecule has 98 valence electrons. The van der Waals surface area contributed by atoms with E-state index < -0.39 is 0 Å². The van der Waals surface area contributed by atoms with Crippen molar-refractivity contribution in [3.8, 4) is 12.3 Å². The number of hydrogen-bond donors (Lipinski definition) is 1. The molecule has 0 atom stereocenters. The molecule has 0 bridgehead atoms. The van der Waals surface area contributed by atoms with Gasteiger partial charge in [-0.25, -0.2) is 0 Å². The second-order valence-corrected chi connectivity index (χ2v) is 4.72. The van der Waals surface area contributed by atoms with E-state index in [0.717, 1.165) is 19.4 Å². The smallest absolute Gasteiger partial charge is 0.236 e. The van der Waals surface area contributed by atoms with Crippen LogP contribution >= 0.6 is 0 Å². The van der Waals surface area contributed by atoms with Gasteiger partial charge in [0.25, 0.3) is 0 Å². The summed E-state index contributed by atoms with van der Waals surface area (Å²) >= 11 is 0. The Labute approximate surface area is 106 Å². The number of nitrogens with zero attached hydrogens (tertiary/aromatic N) is 1. The van der Waals surface area contributed by atoms with Gasteiger partial charge in [0, 0.05) is 12.6 Å². The van der Waals surface area contributed by atoms with Gasteiger partial charge in [0.15, 0.2) is 0 Å². The molecule has 3 nitrogen and oxygen atoms in total. The van der Waals surface area contributed by atoms with E-state index in [1.807, 2.05) is 4.90 Å². The van der Waals surface area contributed by atoms with E-state index in [4.69, 9.17) is 6.42 Å². The highest BCUT2D eigenvalue weighted by Gasteiger charge is 2.21. The molecule has 0 radical (unpaired) electrons. The molecule has 0 aromatic carbocycles.